The minimum absolute atomic E-state index is 0.369. The summed E-state index contributed by atoms with van der Waals surface area (Å²) in [5, 5.41) is 2.16. The smallest absolute Gasteiger partial charge is 0.337 e. The summed E-state index contributed by atoms with van der Waals surface area (Å²) in [5.41, 5.74) is 11.1. The Morgan fingerprint density at radius 2 is 2.06 bits per heavy atom. The summed E-state index contributed by atoms with van der Waals surface area (Å²) >= 11 is 0. The molecule has 0 radical (unpaired) electrons. The topological polar surface area (TPSA) is 67.6 Å². The molecule has 1 fully saturated rings. The van der Waals surface area contributed by atoms with Gasteiger partial charge in [-0.15, -0.1) is 0 Å². The lowest BCUT2D eigenvalue weighted by molar-refractivity contribution is 0.0601. The van der Waals surface area contributed by atoms with E-state index in [9.17, 15) is 4.79 Å². The number of nitrogens with two attached hydrogens (primary N) is 1. The van der Waals surface area contributed by atoms with Crippen molar-refractivity contribution in [3.63, 3.8) is 0 Å². The van der Waals surface area contributed by atoms with Gasteiger partial charge >= 0.3 is 5.97 Å². The molecule has 0 unspecified atom stereocenters. The minimum atomic E-state index is -0.369. The van der Waals surface area contributed by atoms with Crippen molar-refractivity contribution in [1.82, 2.24) is 5.01 Å². The largest absolute Gasteiger partial charge is 0.465 e. The van der Waals surface area contributed by atoms with Crippen LogP contribution in [0.15, 0.2) is 18.2 Å². The third-order valence-electron chi connectivity index (χ3n) is 3.11. The second kappa shape index (κ2) is 5.73. The van der Waals surface area contributed by atoms with Crippen LogP contribution in [0.5, 0.6) is 0 Å². The van der Waals surface area contributed by atoms with Crippen molar-refractivity contribution in [2.24, 2.45) is 0 Å². The molecule has 0 saturated carbocycles. The van der Waals surface area contributed by atoms with Crippen molar-refractivity contribution in [2.75, 3.05) is 31.4 Å². The van der Waals surface area contributed by atoms with E-state index in [1.54, 1.807) is 12.1 Å². The van der Waals surface area contributed by atoms with Gasteiger partial charge in [-0.05, 0) is 31.0 Å². The molecule has 1 aromatic carbocycles. The number of hydrogen-bond donors (Lipinski definition) is 2. The molecule has 0 bridgehead atoms. The van der Waals surface area contributed by atoms with Gasteiger partial charge in [-0.25, -0.2) is 9.80 Å². The minimum Gasteiger partial charge on any atom is -0.465 e. The molecule has 0 aromatic heterocycles. The summed E-state index contributed by atoms with van der Waals surface area (Å²) in [6, 6.07) is 5.17. The van der Waals surface area contributed by atoms with E-state index in [0.29, 0.717) is 11.3 Å². The number of nitrogen functional groups attached to an aromatic ring is 1. The molecule has 18 heavy (non-hydrogen) atoms. The average Bonchev–Trinajstić information content (AvgIpc) is 2.41. The maximum Gasteiger partial charge on any atom is 0.337 e. The van der Waals surface area contributed by atoms with Crippen LogP contribution in [-0.2, 0) is 4.74 Å². The predicted octanol–water partition coefficient (Wildman–Crippen LogP) is 1.87. The molecule has 0 spiro atoms. The molecule has 1 aliphatic heterocycles. The lowest BCUT2D eigenvalue weighted by Crippen LogP contribution is -2.35. The van der Waals surface area contributed by atoms with Crippen LogP contribution in [-0.4, -0.2) is 31.2 Å². The molecule has 5 heteroatoms. The highest BCUT2D eigenvalue weighted by molar-refractivity contribution is 5.91. The number of methoxy groups -OCH3 is 1. The van der Waals surface area contributed by atoms with Crippen LogP contribution < -0.4 is 11.2 Å². The third kappa shape index (κ3) is 2.92. The van der Waals surface area contributed by atoms with E-state index in [4.69, 9.17) is 5.73 Å². The molecule has 1 aromatic rings. The van der Waals surface area contributed by atoms with Crippen LogP contribution in [0, 0.1) is 0 Å². The number of hydrogen-bond acceptors (Lipinski definition) is 5. The van der Waals surface area contributed by atoms with Gasteiger partial charge in [-0.3, -0.25) is 0 Å². The molecular formula is C13H19N3O2. The molecule has 2 rings (SSSR count). The van der Waals surface area contributed by atoms with E-state index in [-0.39, 0.29) is 5.97 Å². The maximum absolute atomic E-state index is 11.4. The fraction of sp³-hybridized carbons (Fsp3) is 0.462. The molecule has 1 heterocycles. The van der Waals surface area contributed by atoms with Gasteiger partial charge in [0.1, 0.15) is 0 Å². The normalized spacial score (nSPS) is 16.3. The third-order valence-corrected chi connectivity index (χ3v) is 3.11. The first kappa shape index (κ1) is 12.7. The van der Waals surface area contributed by atoms with Crippen LogP contribution in [0.25, 0.3) is 0 Å². The van der Waals surface area contributed by atoms with Crippen molar-refractivity contribution in [3.05, 3.63) is 23.8 Å². The first-order chi connectivity index (χ1) is 8.70. The molecule has 1 aliphatic rings. The van der Waals surface area contributed by atoms with E-state index in [0.717, 1.165) is 18.8 Å². The standard InChI is InChI=1S/C13H19N3O2/c1-18-13(17)10-5-6-12(11(14)9-10)15-16-7-3-2-4-8-16/h5-6,9,15H,2-4,7-8,14H2,1H3. The van der Waals surface area contributed by atoms with Gasteiger partial charge in [0.05, 0.1) is 24.0 Å². The summed E-state index contributed by atoms with van der Waals surface area (Å²) in [5.74, 6) is -0.369. The van der Waals surface area contributed by atoms with Gasteiger partial charge in [-0.1, -0.05) is 6.42 Å². The Hall–Kier alpha value is -1.75. The SMILES string of the molecule is COC(=O)c1ccc(NN2CCCCC2)c(N)c1. The van der Waals surface area contributed by atoms with Gasteiger partial charge in [0.2, 0.25) is 0 Å². The number of ether oxygens (including phenoxy) is 1. The first-order valence-corrected chi connectivity index (χ1v) is 6.20. The second-order valence-corrected chi connectivity index (χ2v) is 4.45. The number of rotatable bonds is 3. The van der Waals surface area contributed by atoms with E-state index in [1.807, 2.05) is 6.07 Å². The van der Waals surface area contributed by atoms with Crippen molar-refractivity contribution in [2.45, 2.75) is 19.3 Å². The Labute approximate surface area is 107 Å². The Morgan fingerprint density at radius 1 is 1.33 bits per heavy atom. The molecular weight excluding hydrogens is 230 g/mol. The molecule has 3 N–H and O–H groups in total. The van der Waals surface area contributed by atoms with Crippen LogP contribution in [0.1, 0.15) is 29.6 Å². The predicted molar refractivity (Wildman–Crippen MR) is 71.2 cm³/mol. The highest BCUT2D eigenvalue weighted by atomic mass is 16.5. The summed E-state index contributed by atoms with van der Waals surface area (Å²) < 4.78 is 4.66. The second-order valence-electron chi connectivity index (χ2n) is 4.45. The van der Waals surface area contributed by atoms with Gasteiger partial charge in [0, 0.05) is 13.1 Å². The fourth-order valence-corrected chi connectivity index (χ4v) is 2.09. The van der Waals surface area contributed by atoms with Gasteiger partial charge in [-0.2, -0.15) is 0 Å². The highest BCUT2D eigenvalue weighted by Gasteiger charge is 2.12. The number of piperidine rings is 1. The van der Waals surface area contributed by atoms with Crippen LogP contribution in [0.2, 0.25) is 0 Å². The molecule has 5 nitrogen and oxygen atoms in total. The molecule has 0 aliphatic carbocycles. The van der Waals surface area contributed by atoms with E-state index in [1.165, 1.54) is 26.4 Å². The number of benzene rings is 1. The average molecular weight is 249 g/mol. The summed E-state index contributed by atoms with van der Waals surface area (Å²) in [6.45, 7) is 2.05. The van der Waals surface area contributed by atoms with Crippen LogP contribution in [0.3, 0.4) is 0 Å². The zero-order chi connectivity index (χ0) is 13.0. The number of carbonyl (C=O) groups excluding carboxylic acids is 1. The van der Waals surface area contributed by atoms with Crippen LogP contribution >= 0.6 is 0 Å². The van der Waals surface area contributed by atoms with Gasteiger partial charge in [0.25, 0.3) is 0 Å². The number of anilines is 2. The quantitative estimate of drug-likeness (QED) is 0.632. The summed E-state index contributed by atoms with van der Waals surface area (Å²) in [7, 11) is 1.36. The zero-order valence-electron chi connectivity index (χ0n) is 10.6. The van der Waals surface area contributed by atoms with Crippen molar-refractivity contribution >= 4 is 17.3 Å². The molecule has 0 atom stereocenters. The van der Waals surface area contributed by atoms with Crippen molar-refractivity contribution < 1.29 is 9.53 Å². The first-order valence-electron chi connectivity index (χ1n) is 6.20. The van der Waals surface area contributed by atoms with Crippen molar-refractivity contribution in [1.29, 1.82) is 0 Å². The monoisotopic (exact) mass is 249 g/mol. The lowest BCUT2D eigenvalue weighted by Gasteiger charge is -2.28. The Bertz CT molecular complexity index is 428. The van der Waals surface area contributed by atoms with E-state index in [2.05, 4.69) is 15.2 Å². The number of nitrogens with one attached hydrogen (secondary N) is 1. The fourth-order valence-electron chi connectivity index (χ4n) is 2.09. The molecule has 0 amide bonds. The zero-order valence-corrected chi connectivity index (χ0v) is 10.6. The Balaban J connectivity index is 2.07. The maximum atomic E-state index is 11.4. The highest BCUT2D eigenvalue weighted by Crippen LogP contribution is 2.22. The van der Waals surface area contributed by atoms with Gasteiger partial charge in [0.15, 0.2) is 0 Å². The number of hydrazine groups is 1. The lowest BCUT2D eigenvalue weighted by atomic mass is 10.1. The van der Waals surface area contributed by atoms with E-state index >= 15 is 0 Å². The number of carbonyl (C=O) groups is 1. The Kier molecular flexibility index (Phi) is 4.04. The van der Waals surface area contributed by atoms with Gasteiger partial charge < -0.3 is 15.9 Å². The summed E-state index contributed by atoms with van der Waals surface area (Å²) in [6.07, 6.45) is 3.69. The number of esters is 1. The molecule has 98 valence electrons. The van der Waals surface area contributed by atoms with E-state index < -0.39 is 0 Å². The Morgan fingerprint density at radius 3 is 2.67 bits per heavy atom. The number of nitrogens with zero attached hydrogens (tertiary/aromatic N) is 1. The van der Waals surface area contributed by atoms with Crippen LogP contribution in [0.4, 0.5) is 11.4 Å². The summed E-state index contributed by atoms with van der Waals surface area (Å²) in [4.78, 5) is 11.4. The van der Waals surface area contributed by atoms with Crippen molar-refractivity contribution in [3.8, 4) is 0 Å². The molecule has 1 saturated heterocycles.